The average Bonchev–Trinajstić information content (AvgIpc) is 2.50. The van der Waals surface area contributed by atoms with E-state index in [-0.39, 0.29) is 5.41 Å². The number of piperazine rings is 1. The Morgan fingerprint density at radius 1 is 1.33 bits per heavy atom. The summed E-state index contributed by atoms with van der Waals surface area (Å²) in [6.45, 7) is 12.7. The summed E-state index contributed by atoms with van der Waals surface area (Å²) in [6.07, 6.45) is 4.30. The molecule has 1 atom stereocenters. The van der Waals surface area contributed by atoms with Gasteiger partial charge in [-0.2, -0.15) is 0 Å². The molecule has 0 saturated carbocycles. The van der Waals surface area contributed by atoms with Crippen LogP contribution in [0.4, 0.5) is 0 Å². The van der Waals surface area contributed by atoms with E-state index < -0.39 is 0 Å². The fourth-order valence-corrected chi connectivity index (χ4v) is 2.24. The molecule has 0 spiro atoms. The Morgan fingerprint density at radius 3 is 2.61 bits per heavy atom. The number of allylic oxidation sites excluding steroid dienone is 2. The molecule has 1 saturated heterocycles. The molecule has 0 aliphatic carbocycles. The minimum absolute atomic E-state index is 0.00334. The van der Waals surface area contributed by atoms with Crippen LogP contribution in [0.5, 0.6) is 0 Å². The predicted octanol–water partition coefficient (Wildman–Crippen LogP) is 1.90. The fraction of sp³-hybridized carbons (Fsp3) is 0.714. The molecule has 0 radical (unpaired) electrons. The van der Waals surface area contributed by atoms with Gasteiger partial charge in [-0.3, -0.25) is 0 Å². The quantitative estimate of drug-likeness (QED) is 0.770. The molecule has 0 bridgehead atoms. The fourth-order valence-electron chi connectivity index (χ4n) is 2.24. The van der Waals surface area contributed by atoms with Gasteiger partial charge in [0.15, 0.2) is 0 Å². The van der Waals surface area contributed by atoms with Crippen molar-refractivity contribution in [3.05, 3.63) is 11.8 Å². The molecule has 0 aromatic rings. The first-order chi connectivity index (χ1) is 8.51. The Balaban J connectivity index is 2.22. The SMILES string of the molecule is CC1=CC(C)(C(C)C)C=NC(N2CCNCC2)=N1. The largest absolute Gasteiger partial charge is 0.338 e. The molecule has 2 heterocycles. The van der Waals surface area contributed by atoms with Crippen LogP contribution in [0, 0.1) is 11.3 Å². The third-order valence-electron chi connectivity index (χ3n) is 3.90. The van der Waals surface area contributed by atoms with Crippen LogP contribution in [0.2, 0.25) is 0 Å². The molecular weight excluding hydrogens is 224 g/mol. The summed E-state index contributed by atoms with van der Waals surface area (Å²) in [6, 6.07) is 0. The Kier molecular flexibility index (Phi) is 3.85. The van der Waals surface area contributed by atoms with Crippen LogP contribution in [-0.4, -0.2) is 43.3 Å². The molecule has 0 aromatic carbocycles. The molecule has 1 fully saturated rings. The molecule has 0 amide bonds. The monoisotopic (exact) mass is 248 g/mol. The highest BCUT2D eigenvalue weighted by atomic mass is 15.3. The van der Waals surface area contributed by atoms with E-state index in [1.807, 2.05) is 0 Å². The number of nitrogens with one attached hydrogen (secondary N) is 1. The van der Waals surface area contributed by atoms with E-state index in [4.69, 9.17) is 0 Å². The Morgan fingerprint density at radius 2 is 2.00 bits per heavy atom. The van der Waals surface area contributed by atoms with Gasteiger partial charge in [-0.05, 0) is 12.8 Å². The van der Waals surface area contributed by atoms with Crippen LogP contribution in [0.25, 0.3) is 0 Å². The van der Waals surface area contributed by atoms with Gasteiger partial charge in [0.1, 0.15) is 0 Å². The van der Waals surface area contributed by atoms with Crippen molar-refractivity contribution in [1.29, 1.82) is 0 Å². The maximum Gasteiger partial charge on any atom is 0.225 e. The number of rotatable bonds is 1. The van der Waals surface area contributed by atoms with E-state index in [1.54, 1.807) is 0 Å². The number of hydrogen-bond acceptors (Lipinski definition) is 4. The molecule has 2 aliphatic heterocycles. The summed E-state index contributed by atoms with van der Waals surface area (Å²) in [5.41, 5.74) is 1.07. The summed E-state index contributed by atoms with van der Waals surface area (Å²) in [5, 5.41) is 3.35. The topological polar surface area (TPSA) is 40.0 Å². The van der Waals surface area contributed by atoms with Crippen molar-refractivity contribution in [1.82, 2.24) is 10.2 Å². The smallest absolute Gasteiger partial charge is 0.225 e. The molecule has 0 aromatic heterocycles. The van der Waals surface area contributed by atoms with Gasteiger partial charge in [-0.25, -0.2) is 9.98 Å². The lowest BCUT2D eigenvalue weighted by Crippen LogP contribution is -2.46. The summed E-state index contributed by atoms with van der Waals surface area (Å²) in [4.78, 5) is 11.6. The van der Waals surface area contributed by atoms with Crippen molar-refractivity contribution in [2.45, 2.75) is 27.7 Å². The molecule has 2 rings (SSSR count). The highest BCUT2D eigenvalue weighted by molar-refractivity contribution is 5.91. The van der Waals surface area contributed by atoms with Crippen LogP contribution in [0.1, 0.15) is 27.7 Å². The highest BCUT2D eigenvalue weighted by Crippen LogP contribution is 2.29. The first-order valence-electron chi connectivity index (χ1n) is 6.80. The van der Waals surface area contributed by atoms with E-state index in [0.717, 1.165) is 37.8 Å². The van der Waals surface area contributed by atoms with Crippen LogP contribution in [-0.2, 0) is 0 Å². The maximum absolute atomic E-state index is 4.66. The molecule has 1 unspecified atom stereocenters. The molecule has 100 valence electrons. The minimum Gasteiger partial charge on any atom is -0.338 e. The van der Waals surface area contributed by atoms with Crippen molar-refractivity contribution in [2.24, 2.45) is 21.3 Å². The van der Waals surface area contributed by atoms with Crippen LogP contribution in [0.3, 0.4) is 0 Å². The second-order valence-electron chi connectivity index (χ2n) is 5.71. The van der Waals surface area contributed by atoms with Gasteiger partial charge < -0.3 is 10.2 Å². The highest BCUT2D eigenvalue weighted by Gasteiger charge is 2.26. The van der Waals surface area contributed by atoms with E-state index >= 15 is 0 Å². The number of guanidine groups is 1. The second kappa shape index (κ2) is 5.22. The minimum atomic E-state index is 0.00334. The summed E-state index contributed by atoms with van der Waals surface area (Å²) in [7, 11) is 0. The zero-order valence-corrected chi connectivity index (χ0v) is 11.9. The van der Waals surface area contributed by atoms with Crippen LogP contribution < -0.4 is 5.32 Å². The zero-order chi connectivity index (χ0) is 13.2. The van der Waals surface area contributed by atoms with Gasteiger partial charge in [-0.15, -0.1) is 0 Å². The van der Waals surface area contributed by atoms with E-state index in [9.17, 15) is 0 Å². The third-order valence-corrected chi connectivity index (χ3v) is 3.90. The van der Waals surface area contributed by atoms with Crippen molar-refractivity contribution < 1.29 is 0 Å². The van der Waals surface area contributed by atoms with E-state index in [2.05, 4.69) is 60.2 Å². The van der Waals surface area contributed by atoms with Crippen molar-refractivity contribution >= 4 is 12.2 Å². The molecule has 4 nitrogen and oxygen atoms in total. The Labute approximate surface area is 110 Å². The van der Waals surface area contributed by atoms with E-state index in [0.29, 0.717) is 5.92 Å². The first kappa shape index (κ1) is 13.3. The van der Waals surface area contributed by atoms with Crippen LogP contribution >= 0.6 is 0 Å². The standard InChI is InChI=1S/C14H24N4/c1-11(2)14(4)9-12(3)17-13(16-10-14)18-7-5-15-6-8-18/h9-11,15H,5-8H2,1-4H3. The predicted molar refractivity (Wildman–Crippen MR) is 77.1 cm³/mol. The average molecular weight is 248 g/mol. The van der Waals surface area contributed by atoms with Gasteiger partial charge in [0.25, 0.3) is 0 Å². The van der Waals surface area contributed by atoms with E-state index in [1.165, 1.54) is 0 Å². The van der Waals surface area contributed by atoms with Gasteiger partial charge in [0.2, 0.25) is 5.96 Å². The second-order valence-corrected chi connectivity index (χ2v) is 5.71. The molecule has 18 heavy (non-hydrogen) atoms. The Bertz CT molecular complexity index is 389. The van der Waals surface area contributed by atoms with Gasteiger partial charge in [0, 0.05) is 43.5 Å². The normalized spacial score (nSPS) is 29.1. The van der Waals surface area contributed by atoms with Crippen LogP contribution in [0.15, 0.2) is 21.8 Å². The number of hydrogen-bond donors (Lipinski definition) is 1. The Hall–Kier alpha value is -1.16. The molecule has 2 aliphatic rings. The van der Waals surface area contributed by atoms with Crippen molar-refractivity contribution in [2.75, 3.05) is 26.2 Å². The summed E-state index contributed by atoms with van der Waals surface area (Å²) < 4.78 is 0. The van der Waals surface area contributed by atoms with Crippen molar-refractivity contribution in [3.8, 4) is 0 Å². The van der Waals surface area contributed by atoms with Gasteiger partial charge in [0.05, 0.1) is 0 Å². The first-order valence-corrected chi connectivity index (χ1v) is 6.80. The molecule has 1 N–H and O–H groups in total. The third kappa shape index (κ3) is 2.80. The lowest BCUT2D eigenvalue weighted by Gasteiger charge is -2.28. The summed E-state index contributed by atoms with van der Waals surface area (Å²) >= 11 is 0. The van der Waals surface area contributed by atoms with Gasteiger partial charge >= 0.3 is 0 Å². The zero-order valence-electron chi connectivity index (χ0n) is 11.9. The lowest BCUT2D eigenvalue weighted by atomic mass is 9.79. The lowest BCUT2D eigenvalue weighted by molar-refractivity contribution is 0.354. The van der Waals surface area contributed by atoms with Crippen molar-refractivity contribution in [3.63, 3.8) is 0 Å². The summed E-state index contributed by atoms with van der Waals surface area (Å²) in [5.74, 6) is 1.39. The van der Waals surface area contributed by atoms with Gasteiger partial charge in [-0.1, -0.05) is 26.8 Å². The molecule has 4 heteroatoms. The number of aliphatic imine (C=N–C) groups is 2. The number of nitrogens with zero attached hydrogens (tertiary/aromatic N) is 3. The molecular formula is C14H24N4. The maximum atomic E-state index is 4.66.